The summed E-state index contributed by atoms with van der Waals surface area (Å²) < 4.78 is 5.76. The zero-order valence-corrected chi connectivity index (χ0v) is 25.6. The van der Waals surface area contributed by atoms with Crippen molar-refractivity contribution in [1.29, 1.82) is 0 Å². The molecule has 8 nitrogen and oxygen atoms in total. The lowest BCUT2D eigenvalue weighted by Crippen LogP contribution is -2.38. The zero-order valence-electron chi connectivity index (χ0n) is 24.8. The summed E-state index contributed by atoms with van der Waals surface area (Å²) in [6, 6.07) is 14.3. The van der Waals surface area contributed by atoms with E-state index in [0.717, 1.165) is 42.7 Å². The van der Waals surface area contributed by atoms with Crippen molar-refractivity contribution in [2.75, 3.05) is 41.4 Å². The number of carbonyl (C=O) groups is 2. The van der Waals surface area contributed by atoms with Gasteiger partial charge in [0.25, 0.3) is 5.91 Å². The number of carbonyl (C=O) groups excluding carboxylic acids is 2. The van der Waals surface area contributed by atoms with Crippen LogP contribution < -0.4 is 25.2 Å². The molecule has 0 atom stereocenters. The van der Waals surface area contributed by atoms with Crippen LogP contribution in [0, 0.1) is 20.8 Å². The van der Waals surface area contributed by atoms with Crippen LogP contribution in [-0.2, 0) is 4.79 Å². The van der Waals surface area contributed by atoms with Gasteiger partial charge in [0.2, 0.25) is 0 Å². The Hall–Kier alpha value is -3.91. The quantitative estimate of drug-likeness (QED) is 0.193. The molecule has 0 aliphatic carbocycles. The lowest BCUT2D eigenvalue weighted by Gasteiger charge is -2.29. The summed E-state index contributed by atoms with van der Waals surface area (Å²) in [5, 5.41) is 16.5. The van der Waals surface area contributed by atoms with Crippen molar-refractivity contribution in [3.63, 3.8) is 0 Å². The number of benzene rings is 3. The molecule has 0 aromatic heterocycles. The molecule has 0 aliphatic heterocycles. The van der Waals surface area contributed by atoms with E-state index in [1.807, 2.05) is 63.2 Å². The summed E-state index contributed by atoms with van der Waals surface area (Å²) >= 11 is 6.80. The second kappa shape index (κ2) is 14.6. The van der Waals surface area contributed by atoms with Gasteiger partial charge in [-0.25, -0.2) is 4.79 Å². The number of phenolic OH excluding ortho intramolecular Hbond substituents is 1. The van der Waals surface area contributed by atoms with Gasteiger partial charge in [0, 0.05) is 37.0 Å². The van der Waals surface area contributed by atoms with E-state index >= 15 is 0 Å². The number of phenols is 1. The third-order valence-electron chi connectivity index (χ3n) is 6.89. The smallest absolute Gasteiger partial charge is 0.326 e. The van der Waals surface area contributed by atoms with E-state index in [0.29, 0.717) is 23.5 Å². The molecule has 0 fully saturated rings. The van der Waals surface area contributed by atoms with Crippen molar-refractivity contribution in [3.05, 3.63) is 70.2 Å². The number of amides is 3. The van der Waals surface area contributed by atoms with E-state index < -0.39 is 11.9 Å². The lowest BCUT2D eigenvalue weighted by atomic mass is 10.1. The number of nitrogens with zero attached hydrogens (tertiary/aromatic N) is 2. The standard InChI is InChI=1S/C32H41ClN4O4/c1-7-10-17-34-32(40)37(25-14-12-24(13-15-25)36(8-2)9-3)31-26(19-27(38)23(6)30(31)33)35-29(39)20-41-28-16-11-21(4)18-22(28)5/h11-16,18-19,38H,7-10,17,20H2,1-6H3,(H,34,40)(H,35,39). The average molecular weight is 581 g/mol. The van der Waals surface area contributed by atoms with Crippen molar-refractivity contribution in [3.8, 4) is 11.5 Å². The summed E-state index contributed by atoms with van der Waals surface area (Å²) in [5.74, 6) is 0.0299. The van der Waals surface area contributed by atoms with Gasteiger partial charge in [-0.15, -0.1) is 0 Å². The first kappa shape index (κ1) is 31.6. The van der Waals surface area contributed by atoms with Gasteiger partial charge >= 0.3 is 6.03 Å². The summed E-state index contributed by atoms with van der Waals surface area (Å²) in [7, 11) is 0. The average Bonchev–Trinajstić information content (AvgIpc) is 2.94. The van der Waals surface area contributed by atoms with E-state index in [1.54, 1.807) is 6.92 Å². The molecule has 0 heterocycles. The number of rotatable bonds is 12. The van der Waals surface area contributed by atoms with Crippen LogP contribution in [0.5, 0.6) is 11.5 Å². The molecule has 3 aromatic carbocycles. The first-order valence-electron chi connectivity index (χ1n) is 14.1. The number of hydrogen-bond acceptors (Lipinski definition) is 5. The summed E-state index contributed by atoms with van der Waals surface area (Å²) in [6.45, 7) is 13.7. The van der Waals surface area contributed by atoms with Gasteiger partial charge in [0.05, 0.1) is 22.1 Å². The van der Waals surface area contributed by atoms with Crippen molar-refractivity contribution < 1.29 is 19.4 Å². The number of hydrogen-bond donors (Lipinski definition) is 3. The molecule has 3 rings (SSSR count). The second-order valence-corrected chi connectivity index (χ2v) is 10.3. The number of aryl methyl sites for hydroxylation is 2. The Morgan fingerprint density at radius 2 is 1.61 bits per heavy atom. The maximum Gasteiger partial charge on any atom is 0.326 e. The molecule has 0 radical (unpaired) electrons. The van der Waals surface area contributed by atoms with Gasteiger partial charge in [-0.05, 0) is 76.9 Å². The fourth-order valence-corrected chi connectivity index (χ4v) is 4.81. The van der Waals surface area contributed by atoms with Crippen LogP contribution in [0.15, 0.2) is 48.5 Å². The van der Waals surface area contributed by atoms with Gasteiger partial charge in [0.1, 0.15) is 11.5 Å². The minimum absolute atomic E-state index is 0.104. The molecule has 9 heteroatoms. The molecule has 41 heavy (non-hydrogen) atoms. The van der Waals surface area contributed by atoms with E-state index in [-0.39, 0.29) is 28.8 Å². The Balaban J connectivity index is 2.01. The van der Waals surface area contributed by atoms with Crippen molar-refractivity contribution >= 4 is 46.3 Å². The number of unbranched alkanes of at least 4 members (excludes halogenated alkanes) is 1. The Bertz CT molecular complexity index is 1360. The SMILES string of the molecule is CCCCNC(=O)N(c1ccc(N(CC)CC)cc1)c1c(NC(=O)COc2ccc(C)cc2C)cc(O)c(C)c1Cl. The van der Waals surface area contributed by atoms with Gasteiger partial charge in [-0.1, -0.05) is 42.6 Å². The molecule has 0 saturated heterocycles. The van der Waals surface area contributed by atoms with Crippen molar-refractivity contribution in [2.45, 2.75) is 54.4 Å². The highest BCUT2D eigenvalue weighted by Gasteiger charge is 2.27. The van der Waals surface area contributed by atoms with Gasteiger partial charge < -0.3 is 25.4 Å². The minimum Gasteiger partial charge on any atom is -0.508 e. The van der Waals surface area contributed by atoms with Crippen LogP contribution >= 0.6 is 11.6 Å². The summed E-state index contributed by atoms with van der Waals surface area (Å²) in [5.41, 5.74) is 4.42. The van der Waals surface area contributed by atoms with Crippen LogP contribution in [0.3, 0.4) is 0 Å². The molecule has 220 valence electrons. The van der Waals surface area contributed by atoms with E-state index in [4.69, 9.17) is 16.3 Å². The van der Waals surface area contributed by atoms with Gasteiger partial charge in [-0.2, -0.15) is 0 Å². The number of aromatic hydroxyl groups is 1. The third-order valence-corrected chi connectivity index (χ3v) is 7.35. The third kappa shape index (κ3) is 7.85. The molecular formula is C32H41ClN4O4. The second-order valence-electron chi connectivity index (χ2n) is 9.95. The first-order chi connectivity index (χ1) is 19.6. The summed E-state index contributed by atoms with van der Waals surface area (Å²) in [6.07, 6.45) is 1.72. The maximum atomic E-state index is 13.7. The fourth-order valence-electron chi connectivity index (χ4n) is 4.53. The molecule has 0 bridgehead atoms. The van der Waals surface area contributed by atoms with Crippen LogP contribution in [-0.4, -0.2) is 43.3 Å². The molecular weight excluding hydrogens is 540 g/mol. The van der Waals surface area contributed by atoms with Crippen LogP contribution in [0.25, 0.3) is 0 Å². The minimum atomic E-state index is -0.464. The maximum absolute atomic E-state index is 13.7. The number of nitrogens with one attached hydrogen (secondary N) is 2. The molecule has 3 aromatic rings. The van der Waals surface area contributed by atoms with Crippen molar-refractivity contribution in [2.24, 2.45) is 0 Å². The predicted molar refractivity (Wildman–Crippen MR) is 168 cm³/mol. The molecule has 0 spiro atoms. The van der Waals surface area contributed by atoms with Gasteiger partial charge in [-0.3, -0.25) is 9.69 Å². The van der Waals surface area contributed by atoms with E-state index in [9.17, 15) is 14.7 Å². The molecule has 0 saturated carbocycles. The highest BCUT2D eigenvalue weighted by molar-refractivity contribution is 6.36. The number of urea groups is 1. The Morgan fingerprint density at radius 1 is 0.951 bits per heavy atom. The topological polar surface area (TPSA) is 94.1 Å². The first-order valence-corrected chi connectivity index (χ1v) is 14.4. The van der Waals surface area contributed by atoms with Gasteiger partial charge in [0.15, 0.2) is 6.61 Å². The normalized spacial score (nSPS) is 10.7. The number of anilines is 4. The van der Waals surface area contributed by atoms with Crippen molar-refractivity contribution in [1.82, 2.24) is 5.32 Å². The Kier molecular flexibility index (Phi) is 11.3. The lowest BCUT2D eigenvalue weighted by molar-refractivity contribution is -0.118. The van der Waals surface area contributed by atoms with E-state index in [2.05, 4.69) is 29.4 Å². The van der Waals surface area contributed by atoms with Crippen LogP contribution in [0.1, 0.15) is 50.3 Å². The molecule has 3 amide bonds. The Morgan fingerprint density at radius 3 is 2.22 bits per heavy atom. The molecule has 0 aliphatic rings. The highest BCUT2D eigenvalue weighted by atomic mass is 35.5. The zero-order chi connectivity index (χ0) is 30.1. The Labute approximate surface area is 248 Å². The highest BCUT2D eigenvalue weighted by Crippen LogP contribution is 2.44. The predicted octanol–water partition coefficient (Wildman–Crippen LogP) is 7.48. The van der Waals surface area contributed by atoms with Crippen LogP contribution in [0.4, 0.5) is 27.5 Å². The molecule has 0 unspecified atom stereocenters. The fraction of sp³-hybridized carbons (Fsp3) is 0.375. The van der Waals surface area contributed by atoms with Crippen LogP contribution in [0.2, 0.25) is 5.02 Å². The largest absolute Gasteiger partial charge is 0.508 e. The molecule has 3 N–H and O–H groups in total. The number of halogens is 1. The monoisotopic (exact) mass is 580 g/mol. The number of ether oxygens (including phenoxy) is 1. The summed E-state index contributed by atoms with van der Waals surface area (Å²) in [4.78, 5) is 30.4. The van der Waals surface area contributed by atoms with E-state index in [1.165, 1.54) is 11.0 Å².